The molecule has 1 unspecified atom stereocenters. The Hall–Kier alpha value is -2.88. The maximum Gasteiger partial charge on any atom is 0.399 e. The van der Waals surface area contributed by atoms with Gasteiger partial charge in [-0.3, -0.25) is 5.43 Å². The highest BCUT2D eigenvalue weighted by molar-refractivity contribution is 6.14. The smallest absolute Gasteiger partial charge is 0.384 e. The molecule has 1 rings (SSSR count). The molecule has 1 aliphatic heterocycles. The van der Waals surface area contributed by atoms with Gasteiger partial charge in [0.25, 0.3) is 0 Å². The third kappa shape index (κ3) is 7.09. The highest BCUT2D eigenvalue weighted by Crippen LogP contribution is 2.49. The van der Waals surface area contributed by atoms with E-state index in [9.17, 15) is 13.2 Å². The molecule has 1 aliphatic rings. The fraction of sp³-hybridized carbons (Fsp3) is 0.476. The van der Waals surface area contributed by atoms with Crippen molar-refractivity contribution in [3.63, 3.8) is 0 Å². The quantitative estimate of drug-likeness (QED) is 0.173. The molecular formula is C21H32F3N7. The van der Waals surface area contributed by atoms with Crippen molar-refractivity contribution in [3.8, 4) is 0 Å². The van der Waals surface area contributed by atoms with E-state index in [1.54, 1.807) is 17.1 Å². The average molecular weight is 440 g/mol. The predicted octanol–water partition coefficient (Wildman–Crippen LogP) is 3.17. The molecule has 0 spiro atoms. The zero-order valence-corrected chi connectivity index (χ0v) is 18.2. The number of nitrogens with one attached hydrogen (secondary N) is 5. The Kier molecular flexibility index (Phi) is 10.2. The van der Waals surface area contributed by atoms with Crippen LogP contribution in [0.3, 0.4) is 0 Å². The van der Waals surface area contributed by atoms with Crippen LogP contribution in [0.1, 0.15) is 20.8 Å². The molecule has 0 radical (unpaired) electrons. The Labute approximate surface area is 181 Å². The molecular weight excluding hydrogens is 407 g/mol. The molecule has 1 atom stereocenters. The minimum atomic E-state index is -4.40. The lowest BCUT2D eigenvalue weighted by Crippen LogP contribution is -2.43. The van der Waals surface area contributed by atoms with Crippen LogP contribution in [0.5, 0.6) is 0 Å². The standard InChI is InChI=1S/C21H32F3N7/c1-5-17(8-7-16(3)30-29-10-9-25)28-11-12-31-15-20(4,21(22,23)24)18(14-27-6-2)19(31)13-26/h5,7-10,13,25-28,30H,3,6,11-12,14-15H2,1-2,4H3/b8-7-,17-5+,25-9?,26-13?,29-10-. The van der Waals surface area contributed by atoms with Gasteiger partial charge in [0.05, 0.1) is 11.9 Å². The third-order valence-corrected chi connectivity index (χ3v) is 4.98. The summed E-state index contributed by atoms with van der Waals surface area (Å²) in [5.41, 5.74) is 2.47. The summed E-state index contributed by atoms with van der Waals surface area (Å²) in [5, 5.41) is 24.5. The van der Waals surface area contributed by atoms with Gasteiger partial charge in [0.15, 0.2) is 0 Å². The molecule has 0 fully saturated rings. The molecule has 0 aliphatic carbocycles. The van der Waals surface area contributed by atoms with E-state index in [2.05, 4.69) is 27.7 Å². The van der Waals surface area contributed by atoms with E-state index in [1.807, 2.05) is 19.9 Å². The van der Waals surface area contributed by atoms with E-state index in [-0.39, 0.29) is 18.7 Å². The Morgan fingerprint density at radius 1 is 1.32 bits per heavy atom. The Balaban J connectivity index is 2.82. The Morgan fingerprint density at radius 2 is 2.03 bits per heavy atom. The first-order valence-electron chi connectivity index (χ1n) is 9.96. The van der Waals surface area contributed by atoms with Crippen molar-refractivity contribution in [2.75, 3.05) is 32.7 Å². The number of nitrogens with zero attached hydrogens (tertiary/aromatic N) is 2. The summed E-state index contributed by atoms with van der Waals surface area (Å²) in [6, 6.07) is 0. The topological polar surface area (TPSA) is 99.4 Å². The summed E-state index contributed by atoms with van der Waals surface area (Å²) >= 11 is 0. The zero-order valence-electron chi connectivity index (χ0n) is 18.2. The van der Waals surface area contributed by atoms with E-state index < -0.39 is 11.6 Å². The Morgan fingerprint density at radius 3 is 2.58 bits per heavy atom. The minimum absolute atomic E-state index is 0.0968. The van der Waals surface area contributed by atoms with Gasteiger partial charge in [-0.05, 0) is 38.1 Å². The van der Waals surface area contributed by atoms with E-state index in [0.717, 1.165) is 18.1 Å². The number of likely N-dealkylation sites (N-methyl/N-ethyl adjacent to an activating group) is 1. The van der Waals surface area contributed by atoms with Crippen LogP contribution in [0.4, 0.5) is 13.2 Å². The average Bonchev–Trinajstić information content (AvgIpc) is 3.00. The van der Waals surface area contributed by atoms with Crippen molar-refractivity contribution in [1.29, 1.82) is 10.8 Å². The SMILES string of the molecule is C=C(/C=C\C(=C/C)NCCN1CC(C)(C(F)(F)F)C(CNCC)=C1C=N)N/N=C\C=N. The van der Waals surface area contributed by atoms with Gasteiger partial charge in [-0.15, -0.1) is 0 Å². The molecule has 7 nitrogen and oxygen atoms in total. The van der Waals surface area contributed by atoms with Gasteiger partial charge in [-0.1, -0.05) is 19.6 Å². The normalized spacial score (nSPS) is 20.1. The van der Waals surface area contributed by atoms with Crippen LogP contribution < -0.4 is 16.1 Å². The van der Waals surface area contributed by atoms with Gasteiger partial charge in [0.2, 0.25) is 0 Å². The molecule has 5 N–H and O–H groups in total. The summed E-state index contributed by atoms with van der Waals surface area (Å²) in [5.74, 6) is 0. The maximum absolute atomic E-state index is 13.9. The van der Waals surface area contributed by atoms with E-state index in [4.69, 9.17) is 10.8 Å². The molecule has 0 aromatic carbocycles. The lowest BCUT2D eigenvalue weighted by molar-refractivity contribution is -0.203. The van der Waals surface area contributed by atoms with E-state index in [0.29, 0.717) is 31.0 Å². The van der Waals surface area contributed by atoms with Gasteiger partial charge in [-0.2, -0.15) is 18.3 Å². The van der Waals surface area contributed by atoms with E-state index in [1.165, 1.54) is 13.1 Å². The van der Waals surface area contributed by atoms with Gasteiger partial charge in [-0.25, -0.2) is 0 Å². The highest BCUT2D eigenvalue weighted by atomic mass is 19.4. The predicted molar refractivity (Wildman–Crippen MR) is 121 cm³/mol. The van der Waals surface area contributed by atoms with Crippen LogP contribution in [0.2, 0.25) is 0 Å². The van der Waals surface area contributed by atoms with Crippen molar-refractivity contribution in [3.05, 3.63) is 47.5 Å². The second-order valence-electron chi connectivity index (χ2n) is 7.13. The third-order valence-electron chi connectivity index (χ3n) is 4.98. The van der Waals surface area contributed by atoms with Crippen LogP contribution in [-0.2, 0) is 0 Å². The molecule has 31 heavy (non-hydrogen) atoms. The molecule has 0 aromatic heterocycles. The van der Waals surface area contributed by atoms with Crippen LogP contribution >= 0.6 is 0 Å². The maximum atomic E-state index is 13.9. The molecule has 0 aromatic rings. The van der Waals surface area contributed by atoms with Crippen LogP contribution in [-0.4, -0.2) is 62.4 Å². The van der Waals surface area contributed by atoms with Crippen LogP contribution in [0.25, 0.3) is 0 Å². The molecule has 172 valence electrons. The second-order valence-corrected chi connectivity index (χ2v) is 7.13. The number of allylic oxidation sites excluding steroid dienone is 4. The van der Waals surface area contributed by atoms with E-state index >= 15 is 0 Å². The van der Waals surface area contributed by atoms with Crippen LogP contribution in [0.15, 0.2) is 52.6 Å². The number of hydrazone groups is 1. The molecule has 0 amide bonds. The van der Waals surface area contributed by atoms with Gasteiger partial charge in [0.1, 0.15) is 5.41 Å². The number of halogens is 3. The van der Waals surface area contributed by atoms with Crippen molar-refractivity contribution in [2.45, 2.75) is 26.9 Å². The van der Waals surface area contributed by atoms with Gasteiger partial charge < -0.3 is 26.4 Å². The monoisotopic (exact) mass is 439 g/mol. The van der Waals surface area contributed by atoms with Gasteiger partial charge in [0, 0.05) is 50.0 Å². The first kappa shape index (κ1) is 26.2. The lowest BCUT2D eigenvalue weighted by atomic mass is 9.82. The lowest BCUT2D eigenvalue weighted by Gasteiger charge is -2.31. The molecule has 0 saturated carbocycles. The molecule has 0 bridgehead atoms. The summed E-state index contributed by atoms with van der Waals surface area (Å²) in [7, 11) is 0. The second kappa shape index (κ2) is 12.1. The summed E-state index contributed by atoms with van der Waals surface area (Å²) in [6.45, 7) is 9.81. The summed E-state index contributed by atoms with van der Waals surface area (Å²) in [4.78, 5) is 1.61. The Bertz CT molecular complexity index is 765. The number of hydrogen-bond donors (Lipinski definition) is 5. The summed E-state index contributed by atoms with van der Waals surface area (Å²) in [6.07, 6.45) is 4.21. The largest absolute Gasteiger partial charge is 0.399 e. The van der Waals surface area contributed by atoms with Crippen molar-refractivity contribution < 1.29 is 13.2 Å². The number of rotatable bonds is 13. The first-order chi connectivity index (χ1) is 14.6. The molecule has 0 saturated heterocycles. The summed E-state index contributed by atoms with van der Waals surface area (Å²) < 4.78 is 41.6. The highest BCUT2D eigenvalue weighted by Gasteiger charge is 2.58. The van der Waals surface area contributed by atoms with Crippen molar-refractivity contribution >= 4 is 18.6 Å². The molecule has 1 heterocycles. The van der Waals surface area contributed by atoms with Crippen molar-refractivity contribution in [2.24, 2.45) is 10.5 Å². The fourth-order valence-corrected chi connectivity index (χ4v) is 3.19. The van der Waals surface area contributed by atoms with Crippen LogP contribution in [0, 0.1) is 16.2 Å². The number of hydrogen-bond acceptors (Lipinski definition) is 7. The van der Waals surface area contributed by atoms with Gasteiger partial charge >= 0.3 is 6.18 Å². The fourth-order valence-electron chi connectivity index (χ4n) is 3.19. The van der Waals surface area contributed by atoms with Crippen molar-refractivity contribution in [1.82, 2.24) is 21.0 Å². The number of alkyl halides is 3. The minimum Gasteiger partial charge on any atom is -0.384 e. The molecule has 10 heteroatoms. The first-order valence-corrected chi connectivity index (χ1v) is 9.96. The zero-order chi connectivity index (χ0) is 23.5.